The number of nitrogens with zero attached hydrogens (tertiary/aromatic N) is 4. The molecule has 4 aliphatic heterocycles. The number of phenols is 1. The van der Waals surface area contributed by atoms with E-state index >= 15 is 0 Å². The molecule has 2 N–H and O–H groups in total. The van der Waals surface area contributed by atoms with Crippen molar-refractivity contribution in [2.75, 3.05) is 51.6 Å². The molecule has 0 aliphatic carbocycles. The molecule has 0 spiro atoms. The van der Waals surface area contributed by atoms with Gasteiger partial charge in [-0.2, -0.15) is 0 Å². The van der Waals surface area contributed by atoms with E-state index in [9.17, 15) is 19.5 Å². The molecule has 0 unspecified atom stereocenters. The number of amides is 4. The van der Waals surface area contributed by atoms with E-state index in [1.165, 1.54) is 12.8 Å². The Morgan fingerprint density at radius 1 is 0.870 bits per heavy atom. The quantitative estimate of drug-likeness (QED) is 0.440. The van der Waals surface area contributed by atoms with Crippen LogP contribution in [-0.4, -0.2) is 94.9 Å². The third-order valence-electron chi connectivity index (χ3n) is 11.2. The minimum absolute atomic E-state index is 0.0127. The lowest BCUT2D eigenvalue weighted by Gasteiger charge is -2.41. The summed E-state index contributed by atoms with van der Waals surface area (Å²) < 4.78 is 0. The van der Waals surface area contributed by atoms with E-state index in [2.05, 4.69) is 17.3 Å². The number of likely N-dealkylation sites (tertiary alicyclic amines) is 3. The van der Waals surface area contributed by atoms with Crippen LogP contribution in [0.5, 0.6) is 5.75 Å². The molecule has 3 fully saturated rings. The minimum atomic E-state index is -0.446. The van der Waals surface area contributed by atoms with E-state index in [0.717, 1.165) is 85.7 Å². The third kappa shape index (κ3) is 7.19. The van der Waals surface area contributed by atoms with E-state index in [-0.39, 0.29) is 36.1 Å². The second-order valence-corrected chi connectivity index (χ2v) is 14.3. The lowest BCUT2D eigenvalue weighted by Crippen LogP contribution is -2.51. The third-order valence-corrected chi connectivity index (χ3v) is 11.2. The summed E-state index contributed by atoms with van der Waals surface area (Å²) in [4.78, 5) is 49.0. The molecule has 3 saturated heterocycles. The average Bonchev–Trinajstić information content (AvgIpc) is 3.06. The Kier molecular flexibility index (Phi) is 9.87. The van der Waals surface area contributed by atoms with Crippen molar-refractivity contribution in [1.82, 2.24) is 19.6 Å². The molecule has 0 radical (unpaired) electrons. The number of phenolic OH excluding ortho intramolecular Hbond substituents is 1. The van der Waals surface area contributed by atoms with Crippen molar-refractivity contribution in [3.63, 3.8) is 0 Å². The summed E-state index contributed by atoms with van der Waals surface area (Å²) in [5, 5.41) is 13.4. The molecule has 1 atom stereocenters. The van der Waals surface area contributed by atoms with Gasteiger partial charge in [0.15, 0.2) is 0 Å². The lowest BCUT2D eigenvalue weighted by atomic mass is 9.78. The number of carbonyl (C=O) groups is 3. The SMILES string of the molecule is Cc1cc(C[C@H](CC(=O)N2CCC(N3Cc4ccccc4NC3=O)CC2)C(=O)N2CCC(C3CCN(C)CC3)CC2)cc(C)c1O. The Bertz CT molecular complexity index is 1400. The first-order chi connectivity index (χ1) is 22.2. The fourth-order valence-electron chi connectivity index (χ4n) is 8.33. The van der Waals surface area contributed by atoms with Crippen molar-refractivity contribution >= 4 is 23.5 Å². The van der Waals surface area contributed by atoms with Gasteiger partial charge >= 0.3 is 6.03 Å². The van der Waals surface area contributed by atoms with Gasteiger partial charge in [-0.1, -0.05) is 30.3 Å². The van der Waals surface area contributed by atoms with Crippen molar-refractivity contribution < 1.29 is 19.5 Å². The van der Waals surface area contributed by atoms with Crippen molar-refractivity contribution in [3.8, 4) is 5.75 Å². The smallest absolute Gasteiger partial charge is 0.322 e. The number of hydrogen-bond donors (Lipinski definition) is 2. The first-order valence-electron chi connectivity index (χ1n) is 17.4. The molecule has 4 heterocycles. The molecule has 46 heavy (non-hydrogen) atoms. The molecule has 4 amide bonds. The van der Waals surface area contributed by atoms with E-state index in [1.54, 1.807) is 0 Å². The van der Waals surface area contributed by atoms with E-state index < -0.39 is 5.92 Å². The zero-order valence-corrected chi connectivity index (χ0v) is 27.8. The van der Waals surface area contributed by atoms with E-state index in [0.29, 0.717) is 32.0 Å². The van der Waals surface area contributed by atoms with Gasteiger partial charge in [0.1, 0.15) is 5.75 Å². The second kappa shape index (κ2) is 14.0. The molecule has 6 rings (SSSR count). The summed E-state index contributed by atoms with van der Waals surface area (Å²) >= 11 is 0. The predicted octanol–water partition coefficient (Wildman–Crippen LogP) is 5.18. The van der Waals surface area contributed by atoms with Crippen LogP contribution in [0.15, 0.2) is 36.4 Å². The maximum atomic E-state index is 14.1. The van der Waals surface area contributed by atoms with Crippen molar-refractivity contribution in [2.24, 2.45) is 17.8 Å². The standard InChI is InChI=1S/C37H51N5O4/c1-25-20-27(21-26(2)35(25)44)22-31(36(45)41-16-10-29(11-17-41)28-8-14-39(3)15-9-28)23-34(43)40-18-12-32(13-19-40)42-24-30-6-4-5-7-33(30)38-37(42)46/h4-7,20-21,28-29,31-32,44H,8-19,22-24H2,1-3H3,(H,38,46)/t31-/m1/s1. The van der Waals surface area contributed by atoms with Crippen molar-refractivity contribution in [1.29, 1.82) is 0 Å². The topological polar surface area (TPSA) is 96.4 Å². The molecule has 9 heteroatoms. The Morgan fingerprint density at radius 2 is 1.46 bits per heavy atom. The number of piperidine rings is 3. The molecule has 0 aromatic heterocycles. The van der Waals surface area contributed by atoms with Gasteiger partial charge < -0.3 is 30.0 Å². The number of anilines is 1. The molecule has 2 aromatic rings. The Balaban J connectivity index is 1.09. The summed E-state index contributed by atoms with van der Waals surface area (Å²) in [6.07, 6.45) is 6.68. The van der Waals surface area contributed by atoms with Gasteiger partial charge in [0.2, 0.25) is 11.8 Å². The lowest BCUT2D eigenvalue weighted by molar-refractivity contribution is -0.143. The summed E-state index contributed by atoms with van der Waals surface area (Å²) in [7, 11) is 2.20. The number of benzene rings is 2. The van der Waals surface area contributed by atoms with E-state index in [4.69, 9.17) is 0 Å². The largest absolute Gasteiger partial charge is 0.507 e. The monoisotopic (exact) mass is 629 g/mol. The van der Waals surface area contributed by atoms with Crippen LogP contribution in [-0.2, 0) is 22.6 Å². The summed E-state index contributed by atoms with van der Waals surface area (Å²) in [5.41, 5.74) is 4.54. The molecule has 248 valence electrons. The fourth-order valence-corrected chi connectivity index (χ4v) is 8.33. The van der Waals surface area contributed by atoms with Gasteiger partial charge in [-0.25, -0.2) is 4.79 Å². The van der Waals surface area contributed by atoms with Crippen LogP contribution < -0.4 is 5.32 Å². The molecule has 2 aromatic carbocycles. The average molecular weight is 630 g/mol. The zero-order chi connectivity index (χ0) is 32.4. The van der Waals surface area contributed by atoms with Gasteiger partial charge in [-0.05, 0) is 119 Å². The first-order valence-corrected chi connectivity index (χ1v) is 17.4. The maximum Gasteiger partial charge on any atom is 0.322 e. The fraction of sp³-hybridized carbons (Fsp3) is 0.595. The first kappa shape index (κ1) is 32.4. The van der Waals surface area contributed by atoms with Crippen LogP contribution >= 0.6 is 0 Å². The number of aryl methyl sites for hydroxylation is 2. The number of fused-ring (bicyclic) bond motifs is 1. The number of rotatable bonds is 7. The molecule has 4 aliphatic rings. The van der Waals surface area contributed by atoms with Gasteiger partial charge in [0.25, 0.3) is 0 Å². The van der Waals surface area contributed by atoms with Crippen LogP contribution in [0.3, 0.4) is 0 Å². The van der Waals surface area contributed by atoms with Crippen LogP contribution in [0.4, 0.5) is 10.5 Å². The van der Waals surface area contributed by atoms with Gasteiger partial charge in [0, 0.05) is 50.9 Å². The highest BCUT2D eigenvalue weighted by molar-refractivity contribution is 5.92. The zero-order valence-electron chi connectivity index (χ0n) is 27.8. The number of urea groups is 1. The molecule has 0 saturated carbocycles. The summed E-state index contributed by atoms with van der Waals surface area (Å²) in [5.74, 6) is 1.36. The molecule has 0 bridgehead atoms. The van der Waals surface area contributed by atoms with Gasteiger partial charge in [-0.15, -0.1) is 0 Å². The number of hydrogen-bond acceptors (Lipinski definition) is 5. The highest BCUT2D eigenvalue weighted by atomic mass is 16.3. The molecular formula is C37H51N5O4. The second-order valence-electron chi connectivity index (χ2n) is 14.3. The Hall–Kier alpha value is -3.59. The number of carbonyl (C=O) groups excluding carboxylic acids is 3. The van der Waals surface area contributed by atoms with Crippen molar-refractivity contribution in [3.05, 3.63) is 58.7 Å². The summed E-state index contributed by atoms with van der Waals surface area (Å²) in [6.45, 7) is 9.36. The maximum absolute atomic E-state index is 14.1. The van der Waals surface area contributed by atoms with Crippen LogP contribution in [0.25, 0.3) is 0 Å². The van der Waals surface area contributed by atoms with Crippen molar-refractivity contribution in [2.45, 2.75) is 77.8 Å². The minimum Gasteiger partial charge on any atom is -0.507 e. The molecule has 9 nitrogen and oxygen atoms in total. The Labute approximate surface area is 273 Å². The summed E-state index contributed by atoms with van der Waals surface area (Å²) in [6, 6.07) is 11.8. The number of para-hydroxylation sites is 1. The van der Waals surface area contributed by atoms with Gasteiger partial charge in [0.05, 0.1) is 5.92 Å². The van der Waals surface area contributed by atoms with Crippen LogP contribution in [0.1, 0.15) is 67.2 Å². The Morgan fingerprint density at radius 3 is 2.11 bits per heavy atom. The van der Waals surface area contributed by atoms with Gasteiger partial charge in [-0.3, -0.25) is 9.59 Å². The van der Waals surface area contributed by atoms with Crippen LogP contribution in [0, 0.1) is 31.6 Å². The highest BCUT2D eigenvalue weighted by Gasteiger charge is 2.36. The molecular weight excluding hydrogens is 578 g/mol. The normalized spacial score (nSPS) is 21.2. The highest BCUT2D eigenvalue weighted by Crippen LogP contribution is 2.34. The van der Waals surface area contributed by atoms with E-state index in [1.807, 2.05) is 64.9 Å². The number of aromatic hydroxyl groups is 1. The van der Waals surface area contributed by atoms with Crippen LogP contribution in [0.2, 0.25) is 0 Å². The number of nitrogens with one attached hydrogen (secondary N) is 1. The predicted molar refractivity (Wildman–Crippen MR) is 180 cm³/mol.